The monoisotopic (exact) mass is 335 g/mol. The van der Waals surface area contributed by atoms with Crippen molar-refractivity contribution >= 4 is 11.0 Å². The first-order valence-corrected chi connectivity index (χ1v) is 8.41. The van der Waals surface area contributed by atoms with Crippen molar-refractivity contribution in [1.29, 1.82) is 0 Å². The summed E-state index contributed by atoms with van der Waals surface area (Å²) in [6.45, 7) is 5.48. The molecule has 1 saturated carbocycles. The predicted molar refractivity (Wildman–Crippen MR) is 90.7 cm³/mol. The lowest BCUT2D eigenvalue weighted by atomic mass is 9.83. The Morgan fingerprint density at radius 1 is 1.25 bits per heavy atom. The summed E-state index contributed by atoms with van der Waals surface area (Å²) in [7, 11) is 0. The number of rotatable bonds is 2. The van der Waals surface area contributed by atoms with Gasteiger partial charge >= 0.3 is 0 Å². The second-order valence-electron chi connectivity index (χ2n) is 7.07. The summed E-state index contributed by atoms with van der Waals surface area (Å²) < 4.78 is 33.0. The molecule has 3 nitrogen and oxygen atoms in total. The van der Waals surface area contributed by atoms with Crippen molar-refractivity contribution < 1.29 is 13.2 Å². The molecule has 1 aliphatic rings. The van der Waals surface area contributed by atoms with E-state index in [1.54, 1.807) is 13.0 Å². The van der Waals surface area contributed by atoms with E-state index in [0.717, 1.165) is 11.1 Å². The largest absolute Gasteiger partial charge is 0.460 e. The van der Waals surface area contributed by atoms with Crippen molar-refractivity contribution in [3.63, 3.8) is 0 Å². The zero-order valence-electron chi connectivity index (χ0n) is 14.3. The molecule has 24 heavy (non-hydrogen) atoms. The molecule has 0 bridgehead atoms. The van der Waals surface area contributed by atoms with E-state index in [-0.39, 0.29) is 30.2 Å². The highest BCUT2D eigenvalue weighted by molar-refractivity contribution is 5.82. The van der Waals surface area contributed by atoms with Crippen LogP contribution in [0.4, 0.5) is 8.78 Å². The molecule has 1 aromatic carbocycles. The van der Waals surface area contributed by atoms with Gasteiger partial charge in [0.25, 0.3) is 0 Å². The van der Waals surface area contributed by atoms with Crippen LogP contribution in [0.2, 0.25) is 0 Å². The molecular weight excluding hydrogens is 312 g/mol. The number of hydrogen-bond acceptors (Lipinski definition) is 3. The van der Waals surface area contributed by atoms with Gasteiger partial charge in [-0.25, -0.2) is 8.78 Å². The van der Waals surface area contributed by atoms with E-state index in [0.29, 0.717) is 35.1 Å². The van der Waals surface area contributed by atoms with Crippen LogP contribution in [0.15, 0.2) is 21.3 Å². The van der Waals surface area contributed by atoms with Crippen LogP contribution in [0.5, 0.6) is 0 Å². The quantitative estimate of drug-likeness (QED) is 0.864. The second kappa shape index (κ2) is 5.96. The Labute approximate surface area is 139 Å². The van der Waals surface area contributed by atoms with Gasteiger partial charge in [-0.05, 0) is 45.2 Å². The van der Waals surface area contributed by atoms with Crippen LogP contribution < -0.4 is 11.2 Å². The van der Waals surface area contributed by atoms with E-state index in [2.05, 4.69) is 0 Å². The lowest BCUT2D eigenvalue weighted by molar-refractivity contribution is -0.0395. The van der Waals surface area contributed by atoms with Crippen molar-refractivity contribution in [2.24, 2.45) is 5.73 Å². The van der Waals surface area contributed by atoms with E-state index in [4.69, 9.17) is 10.2 Å². The average Bonchev–Trinajstić information content (AvgIpc) is 2.51. The Morgan fingerprint density at radius 3 is 2.46 bits per heavy atom. The van der Waals surface area contributed by atoms with E-state index in [1.807, 2.05) is 19.9 Å². The molecule has 1 atom stereocenters. The summed E-state index contributed by atoms with van der Waals surface area (Å²) >= 11 is 0. The smallest absolute Gasteiger partial charge is 0.248 e. The van der Waals surface area contributed by atoms with Gasteiger partial charge in [-0.1, -0.05) is 6.07 Å². The number of hydrogen-bond donors (Lipinski definition) is 1. The topological polar surface area (TPSA) is 56.2 Å². The lowest BCUT2D eigenvalue weighted by Crippen LogP contribution is -2.25. The highest BCUT2D eigenvalue weighted by atomic mass is 19.3. The third kappa shape index (κ3) is 2.97. The van der Waals surface area contributed by atoms with Gasteiger partial charge < -0.3 is 10.2 Å². The Morgan fingerprint density at radius 2 is 1.88 bits per heavy atom. The van der Waals surface area contributed by atoms with Crippen LogP contribution in [0.1, 0.15) is 67.0 Å². The average molecular weight is 335 g/mol. The van der Waals surface area contributed by atoms with Gasteiger partial charge in [0.2, 0.25) is 5.92 Å². The molecule has 0 aliphatic heterocycles. The minimum absolute atomic E-state index is 0.0887. The highest BCUT2D eigenvalue weighted by Crippen LogP contribution is 2.42. The maximum absolute atomic E-state index is 13.4. The maximum atomic E-state index is 13.4. The van der Waals surface area contributed by atoms with Crippen LogP contribution in [0.3, 0.4) is 0 Å². The Bertz CT molecular complexity index is 829. The number of fused-ring (bicyclic) bond motifs is 1. The van der Waals surface area contributed by atoms with Crippen LogP contribution in [-0.2, 0) is 0 Å². The van der Waals surface area contributed by atoms with Crippen molar-refractivity contribution in [2.75, 3.05) is 0 Å². The van der Waals surface area contributed by atoms with Crippen molar-refractivity contribution in [3.05, 3.63) is 44.8 Å². The van der Waals surface area contributed by atoms with E-state index in [1.165, 1.54) is 0 Å². The SMILES string of the molecule is Cc1cc([C@@H](C)N)c2oc(C3CCC(F)(F)CC3)c(C)c(=O)c2c1. The molecule has 1 fully saturated rings. The summed E-state index contributed by atoms with van der Waals surface area (Å²) in [5, 5.41) is 0.518. The molecule has 5 heteroatoms. The summed E-state index contributed by atoms with van der Waals surface area (Å²) in [5.74, 6) is -2.19. The van der Waals surface area contributed by atoms with Gasteiger partial charge in [0, 0.05) is 35.9 Å². The third-order valence-corrected chi connectivity index (χ3v) is 5.01. The Balaban J connectivity index is 2.17. The number of halogens is 2. The molecule has 0 saturated heterocycles. The molecule has 1 heterocycles. The first-order chi connectivity index (χ1) is 11.2. The molecule has 0 radical (unpaired) electrons. The molecule has 2 aromatic rings. The molecule has 3 rings (SSSR count). The minimum atomic E-state index is -2.60. The first-order valence-electron chi connectivity index (χ1n) is 8.41. The number of alkyl halides is 2. The van der Waals surface area contributed by atoms with Crippen LogP contribution in [-0.4, -0.2) is 5.92 Å². The number of aryl methyl sites for hydroxylation is 1. The summed E-state index contributed by atoms with van der Waals surface area (Å²) in [6.07, 6.45) is 0.350. The minimum Gasteiger partial charge on any atom is -0.460 e. The fraction of sp³-hybridized carbons (Fsp3) is 0.526. The van der Waals surface area contributed by atoms with Crippen molar-refractivity contribution in [1.82, 2.24) is 0 Å². The second-order valence-corrected chi connectivity index (χ2v) is 7.07. The van der Waals surface area contributed by atoms with Gasteiger partial charge in [0.1, 0.15) is 11.3 Å². The molecule has 0 spiro atoms. The van der Waals surface area contributed by atoms with Gasteiger partial charge in [-0.15, -0.1) is 0 Å². The first kappa shape index (κ1) is 17.1. The van der Waals surface area contributed by atoms with Crippen molar-refractivity contribution in [2.45, 2.75) is 64.3 Å². The molecule has 1 aliphatic carbocycles. The standard InChI is InChI=1S/C19H23F2NO2/c1-10-8-14(12(3)22)18-15(9-10)16(23)11(2)17(24-18)13-4-6-19(20,21)7-5-13/h8-9,12-13H,4-7,22H2,1-3H3/t12-/m1/s1. The number of benzene rings is 1. The molecule has 0 unspecified atom stereocenters. The summed E-state index contributed by atoms with van der Waals surface area (Å²) in [6, 6.07) is 3.45. The Hall–Kier alpha value is -1.75. The van der Waals surface area contributed by atoms with E-state index >= 15 is 0 Å². The Kier molecular flexibility index (Phi) is 4.24. The van der Waals surface area contributed by atoms with Crippen LogP contribution >= 0.6 is 0 Å². The summed E-state index contributed by atoms with van der Waals surface area (Å²) in [5.41, 5.74) is 8.71. The summed E-state index contributed by atoms with van der Waals surface area (Å²) in [4.78, 5) is 12.8. The zero-order chi connectivity index (χ0) is 17.6. The molecular formula is C19H23F2NO2. The van der Waals surface area contributed by atoms with Gasteiger partial charge in [0.05, 0.1) is 5.39 Å². The zero-order valence-corrected chi connectivity index (χ0v) is 14.3. The van der Waals surface area contributed by atoms with Gasteiger partial charge in [-0.3, -0.25) is 4.79 Å². The normalized spacial score (nSPS) is 19.6. The fourth-order valence-corrected chi connectivity index (χ4v) is 3.61. The molecule has 0 amide bonds. The lowest BCUT2D eigenvalue weighted by Gasteiger charge is -2.28. The molecule has 1 aromatic heterocycles. The predicted octanol–water partition coefficient (Wildman–Crippen LogP) is 4.72. The third-order valence-electron chi connectivity index (χ3n) is 5.01. The van der Waals surface area contributed by atoms with E-state index in [9.17, 15) is 13.6 Å². The fourth-order valence-electron chi connectivity index (χ4n) is 3.61. The van der Waals surface area contributed by atoms with Crippen LogP contribution in [0.25, 0.3) is 11.0 Å². The highest BCUT2D eigenvalue weighted by Gasteiger charge is 2.37. The molecule has 130 valence electrons. The van der Waals surface area contributed by atoms with Gasteiger partial charge in [0.15, 0.2) is 5.43 Å². The van der Waals surface area contributed by atoms with Crippen molar-refractivity contribution in [3.8, 4) is 0 Å². The van der Waals surface area contributed by atoms with E-state index < -0.39 is 5.92 Å². The maximum Gasteiger partial charge on any atom is 0.248 e. The number of nitrogens with two attached hydrogens (primary N) is 1. The van der Waals surface area contributed by atoms with Crippen LogP contribution in [0, 0.1) is 13.8 Å². The molecule has 2 N–H and O–H groups in total. The van der Waals surface area contributed by atoms with Gasteiger partial charge in [-0.2, -0.15) is 0 Å².